The Labute approximate surface area is 161 Å². The van der Waals surface area contributed by atoms with Gasteiger partial charge in [0.2, 0.25) is 0 Å². The van der Waals surface area contributed by atoms with Crippen LogP contribution in [-0.2, 0) is 14.3 Å². The number of amides is 1. The molecule has 1 aromatic carbocycles. The van der Waals surface area contributed by atoms with Gasteiger partial charge in [-0.2, -0.15) is 0 Å². The third kappa shape index (κ3) is 5.34. The summed E-state index contributed by atoms with van der Waals surface area (Å²) >= 11 is 11.8. The van der Waals surface area contributed by atoms with Crippen LogP contribution in [0.15, 0.2) is 30.5 Å². The van der Waals surface area contributed by atoms with Crippen LogP contribution >= 0.6 is 23.2 Å². The van der Waals surface area contributed by atoms with Gasteiger partial charge < -0.3 is 14.8 Å². The molecule has 0 aliphatic heterocycles. The molecular formula is C18H18Cl2N2O4. The summed E-state index contributed by atoms with van der Waals surface area (Å²) in [6.45, 7) is 4.78. The van der Waals surface area contributed by atoms with Crippen molar-refractivity contribution in [2.24, 2.45) is 0 Å². The molecule has 0 aliphatic rings. The SMILES string of the molecule is Cc1cc(Cl)cc(C)c1OCC(=O)O[C@H](C)C(=O)Nc1cccnc1Cl. The molecule has 1 N–H and O–H groups in total. The highest BCUT2D eigenvalue weighted by Gasteiger charge is 2.19. The Hall–Kier alpha value is -2.31. The molecule has 138 valence electrons. The van der Waals surface area contributed by atoms with E-state index in [9.17, 15) is 9.59 Å². The zero-order valence-electron chi connectivity index (χ0n) is 14.5. The molecule has 0 saturated heterocycles. The van der Waals surface area contributed by atoms with Crippen molar-refractivity contribution >= 4 is 40.8 Å². The number of carbonyl (C=O) groups is 2. The molecule has 0 saturated carbocycles. The van der Waals surface area contributed by atoms with Gasteiger partial charge in [-0.3, -0.25) is 4.79 Å². The third-order valence-corrected chi connectivity index (χ3v) is 3.97. The van der Waals surface area contributed by atoms with Crippen molar-refractivity contribution in [3.05, 3.63) is 51.8 Å². The first-order chi connectivity index (χ1) is 12.3. The maximum atomic E-state index is 12.1. The van der Waals surface area contributed by atoms with Gasteiger partial charge in [0.15, 0.2) is 17.9 Å². The van der Waals surface area contributed by atoms with E-state index in [1.807, 2.05) is 13.8 Å². The van der Waals surface area contributed by atoms with E-state index < -0.39 is 18.0 Å². The lowest BCUT2D eigenvalue weighted by Gasteiger charge is -2.15. The van der Waals surface area contributed by atoms with Crippen LogP contribution in [0.3, 0.4) is 0 Å². The predicted molar refractivity (Wildman–Crippen MR) is 99.9 cm³/mol. The van der Waals surface area contributed by atoms with Crippen LogP contribution in [0, 0.1) is 13.8 Å². The van der Waals surface area contributed by atoms with Crippen LogP contribution in [0.2, 0.25) is 10.2 Å². The average molecular weight is 397 g/mol. The molecule has 0 fully saturated rings. The fourth-order valence-electron chi connectivity index (χ4n) is 2.25. The van der Waals surface area contributed by atoms with E-state index in [1.54, 1.807) is 24.3 Å². The molecule has 0 aliphatic carbocycles. The lowest BCUT2D eigenvalue weighted by Crippen LogP contribution is -2.31. The van der Waals surface area contributed by atoms with Gasteiger partial charge in [0, 0.05) is 11.2 Å². The molecule has 2 aromatic rings. The van der Waals surface area contributed by atoms with Gasteiger partial charge in [-0.05, 0) is 56.2 Å². The highest BCUT2D eigenvalue weighted by atomic mass is 35.5. The topological polar surface area (TPSA) is 77.5 Å². The molecule has 8 heteroatoms. The number of hydrogen-bond acceptors (Lipinski definition) is 5. The largest absolute Gasteiger partial charge is 0.481 e. The zero-order valence-corrected chi connectivity index (χ0v) is 16.0. The van der Waals surface area contributed by atoms with Crippen LogP contribution in [0.5, 0.6) is 5.75 Å². The number of esters is 1. The molecule has 0 radical (unpaired) electrons. The van der Waals surface area contributed by atoms with Crippen molar-refractivity contribution in [3.63, 3.8) is 0 Å². The first kappa shape index (κ1) is 20.0. The second-order valence-corrected chi connectivity index (χ2v) is 6.41. The van der Waals surface area contributed by atoms with Gasteiger partial charge >= 0.3 is 5.97 Å². The van der Waals surface area contributed by atoms with Gasteiger partial charge in [0.05, 0.1) is 5.69 Å². The molecule has 1 aromatic heterocycles. The van der Waals surface area contributed by atoms with Gasteiger partial charge in [-0.15, -0.1) is 0 Å². The molecule has 0 bridgehead atoms. The fraction of sp³-hybridized carbons (Fsp3) is 0.278. The van der Waals surface area contributed by atoms with E-state index in [2.05, 4.69) is 10.3 Å². The van der Waals surface area contributed by atoms with Gasteiger partial charge in [0.25, 0.3) is 5.91 Å². The van der Waals surface area contributed by atoms with E-state index in [0.29, 0.717) is 16.5 Å². The minimum Gasteiger partial charge on any atom is -0.481 e. The monoisotopic (exact) mass is 396 g/mol. The van der Waals surface area contributed by atoms with Crippen molar-refractivity contribution in [1.82, 2.24) is 4.98 Å². The second-order valence-electron chi connectivity index (χ2n) is 5.62. The van der Waals surface area contributed by atoms with Gasteiger partial charge in [-0.1, -0.05) is 23.2 Å². The third-order valence-electron chi connectivity index (χ3n) is 3.45. The molecule has 6 nitrogen and oxygen atoms in total. The fourth-order valence-corrected chi connectivity index (χ4v) is 2.75. The van der Waals surface area contributed by atoms with E-state index in [-0.39, 0.29) is 11.8 Å². The second kappa shape index (κ2) is 8.87. The van der Waals surface area contributed by atoms with Crippen molar-refractivity contribution in [2.45, 2.75) is 26.9 Å². The van der Waals surface area contributed by atoms with E-state index in [0.717, 1.165) is 11.1 Å². The Balaban J connectivity index is 1.89. The van der Waals surface area contributed by atoms with E-state index in [1.165, 1.54) is 13.1 Å². The Kier molecular flexibility index (Phi) is 6.83. The predicted octanol–water partition coefficient (Wildman–Crippen LogP) is 3.95. The minimum atomic E-state index is -1.02. The summed E-state index contributed by atoms with van der Waals surface area (Å²) in [5.74, 6) is -0.628. The number of aryl methyl sites for hydroxylation is 2. The summed E-state index contributed by atoms with van der Waals surface area (Å²) in [6, 6.07) is 6.70. The van der Waals surface area contributed by atoms with Crippen LogP contribution in [0.25, 0.3) is 0 Å². The Morgan fingerprint density at radius 3 is 2.50 bits per heavy atom. The first-order valence-electron chi connectivity index (χ1n) is 7.78. The molecule has 1 heterocycles. The zero-order chi connectivity index (χ0) is 19.3. The number of aromatic nitrogens is 1. The van der Waals surface area contributed by atoms with E-state index >= 15 is 0 Å². The maximum Gasteiger partial charge on any atom is 0.344 e. The Bertz CT molecular complexity index is 804. The van der Waals surface area contributed by atoms with Crippen molar-refractivity contribution in [2.75, 3.05) is 11.9 Å². The Morgan fingerprint density at radius 1 is 1.23 bits per heavy atom. The normalized spacial score (nSPS) is 11.6. The quantitative estimate of drug-likeness (QED) is 0.590. The summed E-state index contributed by atoms with van der Waals surface area (Å²) in [7, 11) is 0. The number of hydrogen-bond donors (Lipinski definition) is 1. The number of pyridine rings is 1. The van der Waals surface area contributed by atoms with E-state index in [4.69, 9.17) is 32.7 Å². The number of ether oxygens (including phenoxy) is 2. The highest BCUT2D eigenvalue weighted by molar-refractivity contribution is 6.32. The van der Waals surface area contributed by atoms with Crippen LogP contribution in [-0.4, -0.2) is 29.6 Å². The van der Waals surface area contributed by atoms with Crippen molar-refractivity contribution in [1.29, 1.82) is 0 Å². The summed E-state index contributed by atoms with van der Waals surface area (Å²) in [5.41, 5.74) is 1.95. The minimum absolute atomic E-state index is 0.149. The molecule has 1 atom stereocenters. The summed E-state index contributed by atoms with van der Waals surface area (Å²) < 4.78 is 10.6. The number of carbonyl (C=O) groups excluding carboxylic acids is 2. The standard InChI is InChI=1S/C18H18Cl2N2O4/c1-10-7-13(19)8-11(2)16(10)25-9-15(23)26-12(3)18(24)22-14-5-4-6-21-17(14)20/h4-8,12H,9H2,1-3H3,(H,22,24)/t12-/m1/s1. The molecule has 26 heavy (non-hydrogen) atoms. The number of nitrogens with one attached hydrogen (secondary N) is 1. The van der Waals surface area contributed by atoms with Crippen LogP contribution in [0.1, 0.15) is 18.1 Å². The lowest BCUT2D eigenvalue weighted by atomic mass is 10.1. The molecule has 2 rings (SSSR count). The average Bonchev–Trinajstić information content (AvgIpc) is 2.55. The maximum absolute atomic E-state index is 12.1. The number of rotatable bonds is 6. The number of anilines is 1. The first-order valence-corrected chi connectivity index (χ1v) is 8.54. The summed E-state index contributed by atoms with van der Waals surface area (Å²) in [4.78, 5) is 27.9. The molecule has 1 amide bonds. The van der Waals surface area contributed by atoms with Gasteiger partial charge in [0.1, 0.15) is 5.75 Å². The number of benzene rings is 1. The summed E-state index contributed by atoms with van der Waals surface area (Å²) in [6.07, 6.45) is 0.481. The molecule has 0 unspecified atom stereocenters. The van der Waals surface area contributed by atoms with Crippen LogP contribution in [0.4, 0.5) is 5.69 Å². The number of halogens is 2. The van der Waals surface area contributed by atoms with Crippen molar-refractivity contribution < 1.29 is 19.1 Å². The lowest BCUT2D eigenvalue weighted by molar-refractivity contribution is -0.155. The van der Waals surface area contributed by atoms with Crippen LogP contribution < -0.4 is 10.1 Å². The molecular weight excluding hydrogens is 379 g/mol. The van der Waals surface area contributed by atoms with Gasteiger partial charge in [-0.25, -0.2) is 9.78 Å². The Morgan fingerprint density at radius 2 is 1.88 bits per heavy atom. The smallest absolute Gasteiger partial charge is 0.344 e. The highest BCUT2D eigenvalue weighted by Crippen LogP contribution is 2.27. The number of nitrogens with zero attached hydrogens (tertiary/aromatic N) is 1. The molecule has 0 spiro atoms. The van der Waals surface area contributed by atoms with Crippen molar-refractivity contribution in [3.8, 4) is 5.75 Å². The summed E-state index contributed by atoms with van der Waals surface area (Å²) in [5, 5.41) is 3.29.